The third kappa shape index (κ3) is 3.17. The van der Waals surface area contributed by atoms with Crippen molar-refractivity contribution >= 4 is 11.3 Å². The minimum Gasteiger partial charge on any atom is -0.316 e. The second kappa shape index (κ2) is 5.63. The van der Waals surface area contributed by atoms with Crippen LogP contribution in [0.3, 0.4) is 0 Å². The Morgan fingerprint density at radius 3 is 2.67 bits per heavy atom. The molecule has 18 heavy (non-hydrogen) atoms. The number of hydrogen-bond donors (Lipinski definition) is 1. The maximum absolute atomic E-state index is 4.52. The van der Waals surface area contributed by atoms with Gasteiger partial charge >= 0.3 is 0 Å². The van der Waals surface area contributed by atoms with Gasteiger partial charge in [0.1, 0.15) is 0 Å². The van der Waals surface area contributed by atoms with Gasteiger partial charge in [-0.25, -0.2) is 4.98 Å². The summed E-state index contributed by atoms with van der Waals surface area (Å²) in [7, 11) is 4.01. The first-order valence-corrected chi connectivity index (χ1v) is 7.04. The van der Waals surface area contributed by atoms with Crippen LogP contribution in [0.1, 0.15) is 22.1 Å². The van der Waals surface area contributed by atoms with Crippen molar-refractivity contribution in [2.24, 2.45) is 7.05 Å². The number of rotatable bonds is 5. The zero-order chi connectivity index (χ0) is 13.1. The predicted octanol–water partition coefficient (Wildman–Crippen LogP) is 1.87. The Hall–Kier alpha value is -1.20. The van der Waals surface area contributed by atoms with Gasteiger partial charge < -0.3 is 5.32 Å². The molecule has 0 aromatic carbocycles. The van der Waals surface area contributed by atoms with E-state index in [0.29, 0.717) is 6.04 Å². The highest BCUT2D eigenvalue weighted by Crippen LogP contribution is 2.12. The first-order valence-electron chi connectivity index (χ1n) is 6.16. The van der Waals surface area contributed by atoms with Crippen LogP contribution >= 0.6 is 11.3 Å². The molecular weight excluding hydrogens is 244 g/mol. The molecule has 2 heterocycles. The summed E-state index contributed by atoms with van der Waals surface area (Å²) in [6.07, 6.45) is 1.94. The Morgan fingerprint density at radius 2 is 2.17 bits per heavy atom. The average Bonchev–Trinajstić information content (AvgIpc) is 2.85. The van der Waals surface area contributed by atoms with Gasteiger partial charge in [-0.15, -0.1) is 11.3 Å². The van der Waals surface area contributed by atoms with Gasteiger partial charge in [0.05, 0.1) is 16.4 Å². The van der Waals surface area contributed by atoms with Crippen molar-refractivity contribution in [3.63, 3.8) is 0 Å². The quantitative estimate of drug-likeness (QED) is 0.896. The first kappa shape index (κ1) is 13.2. The van der Waals surface area contributed by atoms with Gasteiger partial charge in [0.2, 0.25) is 0 Å². The molecule has 0 amide bonds. The van der Waals surface area contributed by atoms with Gasteiger partial charge in [-0.3, -0.25) is 4.68 Å². The van der Waals surface area contributed by atoms with E-state index in [1.165, 1.54) is 11.4 Å². The second-order valence-electron chi connectivity index (χ2n) is 4.65. The third-order valence-electron chi connectivity index (χ3n) is 3.08. The minimum absolute atomic E-state index is 0.404. The van der Waals surface area contributed by atoms with Crippen molar-refractivity contribution in [2.45, 2.75) is 32.7 Å². The van der Waals surface area contributed by atoms with Gasteiger partial charge in [0, 0.05) is 37.0 Å². The van der Waals surface area contributed by atoms with Crippen LogP contribution in [0.25, 0.3) is 0 Å². The number of likely N-dealkylation sites (N-methyl/N-ethyl adjacent to an activating group) is 1. The van der Waals surface area contributed by atoms with Crippen molar-refractivity contribution in [2.75, 3.05) is 7.05 Å². The van der Waals surface area contributed by atoms with Gasteiger partial charge in [-0.2, -0.15) is 5.10 Å². The van der Waals surface area contributed by atoms with Crippen molar-refractivity contribution in [3.8, 4) is 0 Å². The summed E-state index contributed by atoms with van der Waals surface area (Å²) < 4.78 is 1.96. The van der Waals surface area contributed by atoms with E-state index in [1.807, 2.05) is 32.6 Å². The fourth-order valence-electron chi connectivity index (χ4n) is 2.14. The number of aryl methyl sites for hydroxylation is 3. The summed E-state index contributed by atoms with van der Waals surface area (Å²) in [5.41, 5.74) is 3.52. The maximum Gasteiger partial charge on any atom is 0.0897 e. The summed E-state index contributed by atoms with van der Waals surface area (Å²) >= 11 is 1.71. The van der Waals surface area contributed by atoms with E-state index in [9.17, 15) is 0 Å². The molecule has 0 aliphatic carbocycles. The van der Waals surface area contributed by atoms with E-state index in [2.05, 4.69) is 26.8 Å². The van der Waals surface area contributed by atoms with Crippen LogP contribution in [-0.2, 0) is 19.9 Å². The highest BCUT2D eigenvalue weighted by Gasteiger charge is 2.13. The molecule has 0 aliphatic heterocycles. The maximum atomic E-state index is 4.52. The molecule has 0 bridgehead atoms. The van der Waals surface area contributed by atoms with Crippen molar-refractivity contribution < 1.29 is 0 Å². The largest absolute Gasteiger partial charge is 0.316 e. The predicted molar refractivity (Wildman–Crippen MR) is 75.1 cm³/mol. The summed E-state index contributed by atoms with van der Waals surface area (Å²) in [4.78, 5) is 4.52. The number of nitrogens with one attached hydrogen (secondary N) is 1. The summed E-state index contributed by atoms with van der Waals surface area (Å²) in [5.74, 6) is 0. The lowest BCUT2D eigenvalue weighted by Crippen LogP contribution is -2.30. The molecular formula is C13H20N4S. The van der Waals surface area contributed by atoms with E-state index < -0.39 is 0 Å². The van der Waals surface area contributed by atoms with Gasteiger partial charge in [0.25, 0.3) is 0 Å². The van der Waals surface area contributed by atoms with Crippen molar-refractivity contribution in [1.82, 2.24) is 20.1 Å². The molecule has 5 heteroatoms. The van der Waals surface area contributed by atoms with Crippen LogP contribution in [0.2, 0.25) is 0 Å². The summed E-state index contributed by atoms with van der Waals surface area (Å²) in [6, 6.07) is 2.55. The Kier molecular flexibility index (Phi) is 4.14. The van der Waals surface area contributed by atoms with E-state index in [1.54, 1.807) is 11.3 Å². The number of hydrogen-bond acceptors (Lipinski definition) is 4. The van der Waals surface area contributed by atoms with Gasteiger partial charge in [0.15, 0.2) is 0 Å². The fourth-order valence-corrected chi connectivity index (χ4v) is 2.76. The summed E-state index contributed by atoms with van der Waals surface area (Å²) in [5, 5.41) is 11.0. The number of nitrogens with zero attached hydrogens (tertiary/aromatic N) is 3. The normalized spacial score (nSPS) is 12.9. The molecule has 98 valence electrons. The molecule has 2 aromatic heterocycles. The third-order valence-corrected chi connectivity index (χ3v) is 3.91. The van der Waals surface area contributed by atoms with Crippen molar-refractivity contribution in [3.05, 3.63) is 33.5 Å². The lowest BCUT2D eigenvalue weighted by Gasteiger charge is -2.14. The Balaban J connectivity index is 2.03. The molecule has 1 atom stereocenters. The van der Waals surface area contributed by atoms with Crippen LogP contribution in [0.15, 0.2) is 11.4 Å². The first-order chi connectivity index (χ1) is 8.58. The van der Waals surface area contributed by atoms with Crippen LogP contribution < -0.4 is 5.32 Å². The molecule has 0 radical (unpaired) electrons. The van der Waals surface area contributed by atoms with E-state index >= 15 is 0 Å². The van der Waals surface area contributed by atoms with Gasteiger partial charge in [-0.05, 0) is 27.0 Å². The van der Waals surface area contributed by atoms with E-state index in [0.717, 1.165) is 23.5 Å². The zero-order valence-electron chi connectivity index (χ0n) is 11.4. The highest BCUT2D eigenvalue weighted by molar-refractivity contribution is 7.09. The van der Waals surface area contributed by atoms with E-state index in [-0.39, 0.29) is 0 Å². The summed E-state index contributed by atoms with van der Waals surface area (Å²) in [6.45, 7) is 4.08. The number of thiazole rings is 1. The fraction of sp³-hybridized carbons (Fsp3) is 0.538. The van der Waals surface area contributed by atoms with Crippen LogP contribution in [0, 0.1) is 13.8 Å². The Morgan fingerprint density at radius 1 is 1.39 bits per heavy atom. The smallest absolute Gasteiger partial charge is 0.0897 e. The topological polar surface area (TPSA) is 42.7 Å². The average molecular weight is 264 g/mol. The van der Waals surface area contributed by atoms with Crippen LogP contribution in [0.5, 0.6) is 0 Å². The standard InChI is InChI=1S/C13H20N4S/c1-9-5-13(17(4)16-9)7-11(14-3)6-12-8-18-10(2)15-12/h5,8,11,14H,6-7H2,1-4H3. The molecule has 0 aliphatic rings. The Labute approximate surface area is 112 Å². The second-order valence-corrected chi connectivity index (χ2v) is 5.71. The van der Waals surface area contributed by atoms with Crippen LogP contribution in [-0.4, -0.2) is 27.9 Å². The van der Waals surface area contributed by atoms with Crippen LogP contribution in [0.4, 0.5) is 0 Å². The van der Waals surface area contributed by atoms with E-state index in [4.69, 9.17) is 0 Å². The molecule has 1 N–H and O–H groups in total. The molecule has 0 fully saturated rings. The molecule has 4 nitrogen and oxygen atoms in total. The lowest BCUT2D eigenvalue weighted by atomic mass is 10.1. The minimum atomic E-state index is 0.404. The highest BCUT2D eigenvalue weighted by atomic mass is 32.1. The zero-order valence-corrected chi connectivity index (χ0v) is 12.2. The molecule has 0 saturated heterocycles. The number of aromatic nitrogens is 3. The van der Waals surface area contributed by atoms with Crippen molar-refractivity contribution in [1.29, 1.82) is 0 Å². The van der Waals surface area contributed by atoms with Gasteiger partial charge in [-0.1, -0.05) is 0 Å². The lowest BCUT2D eigenvalue weighted by molar-refractivity contribution is 0.529. The SMILES string of the molecule is CNC(Cc1csc(C)n1)Cc1cc(C)nn1C. The molecule has 0 saturated carbocycles. The molecule has 2 rings (SSSR count). The molecule has 2 aromatic rings. The Bertz CT molecular complexity index is 515. The molecule has 1 unspecified atom stereocenters. The monoisotopic (exact) mass is 264 g/mol. The molecule has 0 spiro atoms.